The minimum absolute atomic E-state index is 0.184. The van der Waals surface area contributed by atoms with Gasteiger partial charge in [-0.3, -0.25) is 4.79 Å². The molecular formula is C17H20N2O4S. The molecule has 0 fully saturated rings. The zero-order chi connectivity index (χ0) is 17.9. The summed E-state index contributed by atoms with van der Waals surface area (Å²) in [5.74, 6) is -1.32. The van der Waals surface area contributed by atoms with Gasteiger partial charge in [0.15, 0.2) is 5.60 Å². The van der Waals surface area contributed by atoms with Gasteiger partial charge in [0.1, 0.15) is 9.88 Å². The summed E-state index contributed by atoms with van der Waals surface area (Å²) in [5.41, 5.74) is 0.0391. The summed E-state index contributed by atoms with van der Waals surface area (Å²) in [4.78, 5) is 28.3. The number of methoxy groups -OCH3 is 1. The van der Waals surface area contributed by atoms with Gasteiger partial charge in [0, 0.05) is 7.11 Å². The lowest BCUT2D eigenvalue weighted by molar-refractivity contribution is -0.143. The summed E-state index contributed by atoms with van der Waals surface area (Å²) >= 11 is 1.07. The quantitative estimate of drug-likeness (QED) is 0.838. The second-order valence-electron chi connectivity index (χ2n) is 5.57. The molecular weight excluding hydrogens is 328 g/mol. The van der Waals surface area contributed by atoms with E-state index in [0.717, 1.165) is 16.9 Å². The number of carboxylic acids is 1. The van der Waals surface area contributed by atoms with Gasteiger partial charge < -0.3 is 15.2 Å². The Morgan fingerprint density at radius 2 is 1.96 bits per heavy atom. The second-order valence-corrected chi connectivity index (χ2v) is 6.60. The standard InChI is InChI=1S/C17H20N2O4S/c1-10-13(15(20)21)24-14(18-10)11(2)19-16(22)17(3,23-4)12-8-6-5-7-9-12/h5-9,11H,1-4H3,(H,19,22)(H,20,21). The molecule has 0 bridgehead atoms. The van der Waals surface area contributed by atoms with Crippen LogP contribution in [0.4, 0.5) is 0 Å². The van der Waals surface area contributed by atoms with Crippen molar-refractivity contribution in [3.05, 3.63) is 51.5 Å². The van der Waals surface area contributed by atoms with Crippen LogP contribution in [0.3, 0.4) is 0 Å². The molecule has 0 saturated heterocycles. The number of benzene rings is 1. The van der Waals surface area contributed by atoms with Crippen molar-refractivity contribution < 1.29 is 19.4 Å². The molecule has 0 radical (unpaired) electrons. The number of carboxylic acid groups (broad SMARTS) is 1. The van der Waals surface area contributed by atoms with Gasteiger partial charge in [0.2, 0.25) is 0 Å². The number of aromatic carboxylic acids is 1. The summed E-state index contributed by atoms with van der Waals surface area (Å²) < 4.78 is 5.47. The monoisotopic (exact) mass is 348 g/mol. The fourth-order valence-electron chi connectivity index (χ4n) is 2.29. The largest absolute Gasteiger partial charge is 0.477 e. The van der Waals surface area contributed by atoms with Crippen LogP contribution in [0, 0.1) is 6.92 Å². The SMILES string of the molecule is COC(C)(C(=O)NC(C)c1nc(C)c(C(=O)O)s1)c1ccccc1. The number of nitrogens with zero attached hydrogens (tertiary/aromatic N) is 1. The van der Waals surface area contributed by atoms with Gasteiger partial charge in [-0.25, -0.2) is 9.78 Å². The van der Waals surface area contributed by atoms with E-state index in [1.807, 2.05) is 30.3 Å². The topological polar surface area (TPSA) is 88.5 Å². The van der Waals surface area contributed by atoms with Crippen LogP contribution in [0.25, 0.3) is 0 Å². The predicted molar refractivity (Wildman–Crippen MR) is 91.2 cm³/mol. The number of rotatable bonds is 6. The van der Waals surface area contributed by atoms with Gasteiger partial charge in [0.25, 0.3) is 5.91 Å². The van der Waals surface area contributed by atoms with Crippen molar-refractivity contribution >= 4 is 23.2 Å². The third-order valence-corrected chi connectivity index (χ3v) is 5.22. The molecule has 2 aromatic rings. The fourth-order valence-corrected chi connectivity index (χ4v) is 3.20. The highest BCUT2D eigenvalue weighted by atomic mass is 32.1. The second kappa shape index (κ2) is 7.11. The lowest BCUT2D eigenvalue weighted by atomic mass is 9.94. The van der Waals surface area contributed by atoms with Crippen molar-refractivity contribution in [2.75, 3.05) is 7.11 Å². The van der Waals surface area contributed by atoms with Gasteiger partial charge in [-0.05, 0) is 26.3 Å². The van der Waals surface area contributed by atoms with E-state index in [9.17, 15) is 9.59 Å². The Morgan fingerprint density at radius 1 is 1.33 bits per heavy atom. The Kier molecular flexibility index (Phi) is 5.36. The molecule has 6 nitrogen and oxygen atoms in total. The summed E-state index contributed by atoms with van der Waals surface area (Å²) in [6.45, 7) is 5.10. The highest BCUT2D eigenvalue weighted by molar-refractivity contribution is 7.13. The van der Waals surface area contributed by atoms with Crippen molar-refractivity contribution in [3.8, 4) is 0 Å². The lowest BCUT2D eigenvalue weighted by Gasteiger charge is -2.28. The van der Waals surface area contributed by atoms with E-state index in [2.05, 4.69) is 10.3 Å². The number of carbonyl (C=O) groups is 2. The van der Waals surface area contributed by atoms with Crippen molar-refractivity contribution in [2.24, 2.45) is 0 Å². The number of amides is 1. The minimum Gasteiger partial charge on any atom is -0.477 e. The molecule has 128 valence electrons. The average molecular weight is 348 g/mol. The van der Waals surface area contributed by atoms with Crippen molar-refractivity contribution in [1.82, 2.24) is 10.3 Å². The molecule has 1 heterocycles. The lowest BCUT2D eigenvalue weighted by Crippen LogP contribution is -2.44. The predicted octanol–water partition coefficient (Wildman–Crippen LogP) is 2.89. The van der Waals surface area contributed by atoms with Crippen LogP contribution in [0.15, 0.2) is 30.3 Å². The maximum atomic E-state index is 12.7. The van der Waals surface area contributed by atoms with Gasteiger partial charge in [0.05, 0.1) is 11.7 Å². The first-order valence-corrected chi connectivity index (χ1v) is 8.23. The first kappa shape index (κ1) is 18.1. The number of nitrogens with one attached hydrogen (secondary N) is 1. The zero-order valence-corrected chi connectivity index (χ0v) is 14.8. The molecule has 1 amide bonds. The van der Waals surface area contributed by atoms with Crippen molar-refractivity contribution in [3.63, 3.8) is 0 Å². The van der Waals surface area contributed by atoms with Crippen LogP contribution in [0.5, 0.6) is 0 Å². The van der Waals surface area contributed by atoms with Gasteiger partial charge in [-0.2, -0.15) is 0 Å². The van der Waals surface area contributed by atoms with E-state index in [-0.39, 0.29) is 10.8 Å². The number of ether oxygens (including phenoxy) is 1. The Bertz CT molecular complexity index is 744. The Morgan fingerprint density at radius 3 is 2.46 bits per heavy atom. The smallest absolute Gasteiger partial charge is 0.347 e. The Labute approximate surface area is 144 Å². The fraction of sp³-hybridized carbons (Fsp3) is 0.353. The molecule has 1 aromatic carbocycles. The molecule has 2 unspecified atom stereocenters. The number of thiazole rings is 1. The molecule has 0 saturated carbocycles. The van der Waals surface area contributed by atoms with Crippen LogP contribution in [-0.2, 0) is 15.1 Å². The van der Waals surface area contributed by atoms with Crippen LogP contribution in [0.1, 0.15) is 45.8 Å². The molecule has 2 rings (SSSR count). The van der Waals surface area contributed by atoms with Crippen LogP contribution >= 0.6 is 11.3 Å². The van der Waals surface area contributed by atoms with E-state index in [1.54, 1.807) is 20.8 Å². The van der Waals surface area contributed by atoms with E-state index >= 15 is 0 Å². The third-order valence-electron chi connectivity index (χ3n) is 3.89. The number of aryl methyl sites for hydroxylation is 1. The minimum atomic E-state index is -1.14. The maximum Gasteiger partial charge on any atom is 0.347 e. The molecule has 0 aliphatic carbocycles. The van der Waals surface area contributed by atoms with E-state index in [0.29, 0.717) is 10.7 Å². The van der Waals surface area contributed by atoms with Crippen LogP contribution in [0.2, 0.25) is 0 Å². The van der Waals surface area contributed by atoms with E-state index in [4.69, 9.17) is 9.84 Å². The number of aromatic nitrogens is 1. The summed E-state index contributed by atoms with van der Waals surface area (Å²) in [6.07, 6.45) is 0. The van der Waals surface area contributed by atoms with Crippen LogP contribution < -0.4 is 5.32 Å². The first-order chi connectivity index (χ1) is 11.3. The van der Waals surface area contributed by atoms with Crippen molar-refractivity contribution in [2.45, 2.75) is 32.4 Å². The van der Waals surface area contributed by atoms with Crippen LogP contribution in [-0.4, -0.2) is 29.1 Å². The number of hydrogen-bond donors (Lipinski definition) is 2. The third kappa shape index (κ3) is 3.47. The number of carbonyl (C=O) groups excluding carboxylic acids is 1. The highest BCUT2D eigenvalue weighted by Crippen LogP contribution is 2.28. The molecule has 1 aromatic heterocycles. The van der Waals surface area contributed by atoms with E-state index < -0.39 is 17.6 Å². The molecule has 2 atom stereocenters. The summed E-state index contributed by atoms with van der Waals surface area (Å²) in [6, 6.07) is 8.77. The summed E-state index contributed by atoms with van der Waals surface area (Å²) in [7, 11) is 1.48. The molecule has 0 aliphatic rings. The van der Waals surface area contributed by atoms with Gasteiger partial charge in [-0.15, -0.1) is 11.3 Å². The number of hydrogen-bond acceptors (Lipinski definition) is 5. The first-order valence-electron chi connectivity index (χ1n) is 7.42. The molecule has 24 heavy (non-hydrogen) atoms. The molecule has 0 spiro atoms. The highest BCUT2D eigenvalue weighted by Gasteiger charge is 2.36. The van der Waals surface area contributed by atoms with Crippen molar-refractivity contribution in [1.29, 1.82) is 0 Å². The zero-order valence-electron chi connectivity index (χ0n) is 14.0. The maximum absolute atomic E-state index is 12.7. The molecule has 2 N–H and O–H groups in total. The molecule has 7 heteroatoms. The Balaban J connectivity index is 2.21. The molecule has 0 aliphatic heterocycles. The Hall–Kier alpha value is -2.25. The normalized spacial score (nSPS) is 14.7. The summed E-state index contributed by atoms with van der Waals surface area (Å²) in [5, 5.41) is 12.5. The van der Waals surface area contributed by atoms with E-state index in [1.165, 1.54) is 7.11 Å². The average Bonchev–Trinajstić information content (AvgIpc) is 2.97. The van der Waals surface area contributed by atoms with Gasteiger partial charge in [-0.1, -0.05) is 30.3 Å². The van der Waals surface area contributed by atoms with Gasteiger partial charge >= 0.3 is 5.97 Å².